The minimum Gasteiger partial charge on any atom is -0.468 e. The molecule has 0 aliphatic heterocycles. The highest BCUT2D eigenvalue weighted by Crippen LogP contribution is 1.97. The number of ether oxygens (including phenoxy) is 1. The Morgan fingerprint density at radius 2 is 2.56 bits per heavy atom. The fraction of sp³-hybridized carbons (Fsp3) is 0.600. The van der Waals surface area contributed by atoms with Gasteiger partial charge in [-0.3, -0.25) is 9.79 Å². The monoisotopic (exact) mass is 149 g/mol. The van der Waals surface area contributed by atoms with Gasteiger partial charge >= 0.3 is 5.97 Å². The lowest BCUT2D eigenvalue weighted by Gasteiger charge is -2.01. The van der Waals surface area contributed by atoms with E-state index < -0.39 is 11.3 Å². The maximum Gasteiger partial charge on any atom is 0.325 e. The van der Waals surface area contributed by atoms with Crippen molar-refractivity contribution < 1.29 is 9.53 Å². The maximum absolute atomic E-state index is 10.5. The van der Waals surface area contributed by atoms with Crippen LogP contribution in [-0.2, 0) is 9.53 Å². The van der Waals surface area contributed by atoms with Crippen LogP contribution >= 0.6 is 11.6 Å². The van der Waals surface area contributed by atoms with Crippen LogP contribution in [-0.4, -0.2) is 31.7 Å². The summed E-state index contributed by atoms with van der Waals surface area (Å²) in [4.78, 5) is 13.9. The van der Waals surface area contributed by atoms with Crippen LogP contribution < -0.4 is 0 Å². The molecule has 0 spiro atoms. The number of rotatable bonds is 3. The van der Waals surface area contributed by atoms with E-state index in [4.69, 9.17) is 11.6 Å². The number of carbonyl (C=O) groups is 1. The molecule has 9 heavy (non-hydrogen) atoms. The summed E-state index contributed by atoms with van der Waals surface area (Å²) >= 11 is 5.42. The van der Waals surface area contributed by atoms with Crippen molar-refractivity contribution in [3.05, 3.63) is 0 Å². The van der Waals surface area contributed by atoms with Gasteiger partial charge in [-0.25, -0.2) is 0 Å². The van der Waals surface area contributed by atoms with Gasteiger partial charge < -0.3 is 4.74 Å². The first kappa shape index (κ1) is 8.43. The molecule has 0 aromatic heterocycles. The highest BCUT2D eigenvalue weighted by molar-refractivity contribution is 6.30. The first-order valence-electron chi connectivity index (χ1n) is 2.36. The highest BCUT2D eigenvalue weighted by Gasteiger charge is 2.13. The molecule has 0 N–H and O–H groups in total. The average molecular weight is 150 g/mol. The normalized spacial score (nSPS) is 12.2. The zero-order chi connectivity index (χ0) is 7.28. The third-order valence-electron chi connectivity index (χ3n) is 0.746. The van der Waals surface area contributed by atoms with Crippen molar-refractivity contribution in [1.29, 1.82) is 0 Å². The summed E-state index contributed by atoms with van der Waals surface area (Å²) in [5.41, 5.74) is 0. The van der Waals surface area contributed by atoms with Crippen LogP contribution in [0.25, 0.3) is 0 Å². The van der Waals surface area contributed by atoms with Crippen molar-refractivity contribution in [3.63, 3.8) is 0 Å². The molecule has 0 saturated heterocycles. The maximum atomic E-state index is 10.5. The molecule has 0 rings (SSSR count). The third-order valence-corrected chi connectivity index (χ3v) is 1.06. The van der Waals surface area contributed by atoms with Gasteiger partial charge in [0.1, 0.15) is 0 Å². The molecule has 3 nitrogen and oxygen atoms in total. The second kappa shape index (κ2) is 4.32. The van der Waals surface area contributed by atoms with Gasteiger partial charge in [-0.2, -0.15) is 0 Å². The predicted molar refractivity (Wildman–Crippen MR) is 36.1 cm³/mol. The predicted octanol–water partition coefficient (Wildman–Crippen LogP) is 0.467. The van der Waals surface area contributed by atoms with Gasteiger partial charge in [0.2, 0.25) is 0 Å². The number of methoxy groups -OCH3 is 1. The topological polar surface area (TPSA) is 38.7 Å². The molecule has 0 radical (unpaired) electrons. The number of alkyl halides is 1. The SMILES string of the molecule is C=NCC(Cl)C(=O)OC. The lowest BCUT2D eigenvalue weighted by atomic mass is 10.4. The Kier molecular flexibility index (Phi) is 4.05. The Bertz CT molecular complexity index is 116. The molecule has 4 heteroatoms. The van der Waals surface area contributed by atoms with Crippen molar-refractivity contribution in [1.82, 2.24) is 0 Å². The molecule has 52 valence electrons. The van der Waals surface area contributed by atoms with Crippen LogP contribution in [0.1, 0.15) is 0 Å². The summed E-state index contributed by atoms with van der Waals surface area (Å²) in [6, 6.07) is 0. The van der Waals surface area contributed by atoms with E-state index in [-0.39, 0.29) is 6.54 Å². The Balaban J connectivity index is 3.58. The Hall–Kier alpha value is -0.570. The third kappa shape index (κ3) is 3.08. The summed E-state index contributed by atoms with van der Waals surface area (Å²) in [5, 5.41) is -0.688. The number of carbonyl (C=O) groups excluding carboxylic acids is 1. The second-order valence-electron chi connectivity index (χ2n) is 1.40. The second-order valence-corrected chi connectivity index (χ2v) is 1.92. The molecule has 0 fully saturated rings. The minimum atomic E-state index is -0.688. The van der Waals surface area contributed by atoms with Gasteiger partial charge in [-0.05, 0) is 6.72 Å². The van der Waals surface area contributed by atoms with Gasteiger partial charge in [0.25, 0.3) is 0 Å². The number of aliphatic imine (C=N–C) groups is 1. The Morgan fingerprint density at radius 3 is 2.89 bits per heavy atom. The molecule has 0 aromatic carbocycles. The fourth-order valence-corrected chi connectivity index (χ4v) is 0.502. The summed E-state index contributed by atoms with van der Waals surface area (Å²) in [7, 11) is 1.28. The number of nitrogens with zero attached hydrogens (tertiary/aromatic N) is 1. The summed E-state index contributed by atoms with van der Waals surface area (Å²) in [6.45, 7) is 3.38. The number of hydrogen-bond acceptors (Lipinski definition) is 3. The van der Waals surface area contributed by atoms with Crippen LogP contribution in [0.5, 0.6) is 0 Å². The average Bonchev–Trinajstić information content (AvgIpc) is 1.87. The fourth-order valence-electron chi connectivity index (χ4n) is 0.316. The molecule has 0 aliphatic carbocycles. The summed E-state index contributed by atoms with van der Waals surface area (Å²) in [5.74, 6) is -0.468. The van der Waals surface area contributed by atoms with Crippen LogP contribution in [0.15, 0.2) is 4.99 Å². The Morgan fingerprint density at radius 1 is 2.00 bits per heavy atom. The molecule has 0 aromatic rings. The van der Waals surface area contributed by atoms with E-state index in [1.165, 1.54) is 7.11 Å². The standard InChI is InChI=1S/C5H8ClNO2/c1-7-3-4(6)5(8)9-2/h4H,1,3H2,2H3. The van der Waals surface area contributed by atoms with E-state index in [2.05, 4.69) is 16.4 Å². The molecule has 0 amide bonds. The van der Waals surface area contributed by atoms with Crippen molar-refractivity contribution in [2.24, 2.45) is 4.99 Å². The largest absolute Gasteiger partial charge is 0.468 e. The molecular weight excluding hydrogens is 142 g/mol. The van der Waals surface area contributed by atoms with E-state index >= 15 is 0 Å². The van der Waals surface area contributed by atoms with Gasteiger partial charge in [0.05, 0.1) is 13.7 Å². The first-order valence-corrected chi connectivity index (χ1v) is 2.80. The van der Waals surface area contributed by atoms with Gasteiger partial charge in [0, 0.05) is 0 Å². The summed E-state index contributed by atoms with van der Waals surface area (Å²) < 4.78 is 4.31. The van der Waals surface area contributed by atoms with Crippen molar-refractivity contribution in [2.75, 3.05) is 13.7 Å². The number of hydrogen-bond donors (Lipinski definition) is 0. The first-order chi connectivity index (χ1) is 4.22. The van der Waals surface area contributed by atoms with Crippen LogP contribution in [0.3, 0.4) is 0 Å². The molecule has 1 unspecified atom stereocenters. The highest BCUT2D eigenvalue weighted by atomic mass is 35.5. The molecule has 0 heterocycles. The van der Waals surface area contributed by atoms with Crippen LogP contribution in [0.4, 0.5) is 0 Å². The quantitative estimate of drug-likeness (QED) is 0.332. The summed E-state index contributed by atoms with van der Waals surface area (Å²) in [6.07, 6.45) is 0. The van der Waals surface area contributed by atoms with E-state index in [1.807, 2.05) is 0 Å². The molecule has 0 saturated carbocycles. The smallest absolute Gasteiger partial charge is 0.325 e. The van der Waals surface area contributed by atoms with E-state index in [0.717, 1.165) is 0 Å². The number of esters is 1. The van der Waals surface area contributed by atoms with E-state index in [9.17, 15) is 4.79 Å². The molecule has 0 bridgehead atoms. The van der Waals surface area contributed by atoms with Gasteiger partial charge in [-0.15, -0.1) is 11.6 Å². The molecule has 1 atom stereocenters. The van der Waals surface area contributed by atoms with Crippen molar-refractivity contribution >= 4 is 24.3 Å². The van der Waals surface area contributed by atoms with Gasteiger partial charge in [-0.1, -0.05) is 0 Å². The Labute approximate surface area is 58.7 Å². The lowest BCUT2D eigenvalue weighted by molar-refractivity contribution is -0.139. The van der Waals surface area contributed by atoms with Crippen LogP contribution in [0.2, 0.25) is 0 Å². The lowest BCUT2D eigenvalue weighted by Crippen LogP contribution is -2.18. The minimum absolute atomic E-state index is 0.203. The molecular formula is C5H8ClNO2. The number of halogens is 1. The van der Waals surface area contributed by atoms with Crippen molar-refractivity contribution in [3.8, 4) is 0 Å². The molecule has 0 aliphatic rings. The zero-order valence-corrected chi connectivity index (χ0v) is 5.89. The van der Waals surface area contributed by atoms with Crippen LogP contribution in [0, 0.1) is 0 Å². The van der Waals surface area contributed by atoms with Gasteiger partial charge in [0.15, 0.2) is 5.38 Å². The van der Waals surface area contributed by atoms with Crippen molar-refractivity contribution in [2.45, 2.75) is 5.38 Å². The zero-order valence-electron chi connectivity index (χ0n) is 5.13. The van der Waals surface area contributed by atoms with E-state index in [1.54, 1.807) is 0 Å². The van der Waals surface area contributed by atoms with E-state index in [0.29, 0.717) is 0 Å².